The number of sulfone groups is 1. The molecule has 0 radical (unpaired) electrons. The number of aryl methyl sites for hydroxylation is 2. The van der Waals surface area contributed by atoms with Crippen molar-refractivity contribution in [3.8, 4) is 0 Å². The number of benzene rings is 2. The average molecular weight is 519 g/mol. The Morgan fingerprint density at radius 2 is 1.83 bits per heavy atom. The van der Waals surface area contributed by atoms with Gasteiger partial charge in [-0.1, -0.05) is 38.0 Å². The van der Waals surface area contributed by atoms with Crippen LogP contribution in [0, 0.1) is 19.8 Å². The van der Waals surface area contributed by atoms with Crippen molar-refractivity contribution in [1.29, 1.82) is 0 Å². The van der Waals surface area contributed by atoms with Gasteiger partial charge in [0.2, 0.25) is 0 Å². The lowest BCUT2D eigenvalue weighted by Crippen LogP contribution is -2.60. The van der Waals surface area contributed by atoms with E-state index < -0.39 is 45.6 Å². The number of nitrogens with one attached hydrogen (secondary N) is 2. The molecule has 3 rings (SSSR count). The van der Waals surface area contributed by atoms with Crippen molar-refractivity contribution in [2.45, 2.75) is 61.9 Å². The number of carbonyl (C=O) groups is 2. The highest BCUT2D eigenvalue weighted by Gasteiger charge is 2.45. The van der Waals surface area contributed by atoms with E-state index in [1.54, 1.807) is 30.0 Å². The maximum atomic E-state index is 13.4. The summed E-state index contributed by atoms with van der Waals surface area (Å²) in [5, 5.41) is 5.53. The number of urea groups is 1. The maximum Gasteiger partial charge on any atom is 0.315 e. The number of hydrogen-bond donors (Lipinski definition) is 2. The minimum Gasteiger partial charge on any atom is -0.465 e. The molecule has 1 saturated heterocycles. The van der Waals surface area contributed by atoms with Gasteiger partial charge >= 0.3 is 12.0 Å². The van der Waals surface area contributed by atoms with Crippen LogP contribution in [0.2, 0.25) is 0 Å². The second kappa shape index (κ2) is 11.9. The van der Waals surface area contributed by atoms with Crippen molar-refractivity contribution in [3.05, 3.63) is 59.2 Å². The van der Waals surface area contributed by atoms with Crippen molar-refractivity contribution in [3.63, 3.8) is 0 Å². The highest BCUT2D eigenvalue weighted by atomic mass is 32.2. The predicted octanol–water partition coefficient (Wildman–Crippen LogP) is 4.57. The predicted molar refractivity (Wildman–Crippen MR) is 138 cm³/mol. The first-order valence-electron chi connectivity index (χ1n) is 11.8. The molecule has 2 N–H and O–H groups in total. The lowest BCUT2D eigenvalue weighted by atomic mass is 9.86. The lowest BCUT2D eigenvalue weighted by molar-refractivity contribution is -0.151. The van der Waals surface area contributed by atoms with Crippen molar-refractivity contribution < 1.29 is 22.7 Å². The minimum atomic E-state index is -3.79. The normalized spacial score (nSPS) is 20.1. The van der Waals surface area contributed by atoms with Gasteiger partial charge in [0.05, 0.1) is 29.3 Å². The van der Waals surface area contributed by atoms with Crippen LogP contribution in [0.4, 0.5) is 4.79 Å². The molecular formula is C26H34N2O5S2. The fraction of sp³-hybridized carbons (Fsp3) is 0.462. The lowest BCUT2D eigenvalue weighted by Gasteiger charge is -2.38. The zero-order valence-electron chi connectivity index (χ0n) is 20.7. The van der Waals surface area contributed by atoms with E-state index in [9.17, 15) is 18.0 Å². The first-order chi connectivity index (χ1) is 16.7. The third-order valence-electron chi connectivity index (χ3n) is 6.35. The van der Waals surface area contributed by atoms with Gasteiger partial charge in [0, 0.05) is 4.90 Å². The second-order valence-corrected chi connectivity index (χ2v) is 11.8. The van der Waals surface area contributed by atoms with E-state index in [-0.39, 0.29) is 11.5 Å². The van der Waals surface area contributed by atoms with Gasteiger partial charge in [0.1, 0.15) is 5.92 Å². The summed E-state index contributed by atoms with van der Waals surface area (Å²) in [6.45, 7) is 6.08. The van der Waals surface area contributed by atoms with E-state index >= 15 is 0 Å². The molecule has 3 atom stereocenters. The Morgan fingerprint density at radius 1 is 1.06 bits per heavy atom. The summed E-state index contributed by atoms with van der Waals surface area (Å²) >= 11 is 1.55. The Kier molecular flexibility index (Phi) is 9.24. The maximum absolute atomic E-state index is 13.4. The van der Waals surface area contributed by atoms with Crippen LogP contribution in [0.5, 0.6) is 0 Å². The Balaban J connectivity index is 1.96. The van der Waals surface area contributed by atoms with Gasteiger partial charge in [-0.15, -0.1) is 11.8 Å². The van der Waals surface area contributed by atoms with Crippen molar-refractivity contribution >= 4 is 33.6 Å². The molecule has 2 amide bonds. The van der Waals surface area contributed by atoms with E-state index in [2.05, 4.69) is 17.6 Å². The van der Waals surface area contributed by atoms with Crippen molar-refractivity contribution in [1.82, 2.24) is 10.6 Å². The Labute approximate surface area is 212 Å². The monoisotopic (exact) mass is 518 g/mol. The summed E-state index contributed by atoms with van der Waals surface area (Å²) in [5.74, 6) is -1.84. The van der Waals surface area contributed by atoms with Gasteiger partial charge in [-0.3, -0.25) is 4.79 Å². The third kappa shape index (κ3) is 6.79. The van der Waals surface area contributed by atoms with Gasteiger partial charge in [-0.05, 0) is 67.5 Å². The topological polar surface area (TPSA) is 102 Å². The minimum absolute atomic E-state index is 0.171. The summed E-state index contributed by atoms with van der Waals surface area (Å²) < 4.78 is 32.3. The molecule has 190 valence electrons. The van der Waals surface area contributed by atoms with Crippen molar-refractivity contribution in [2.24, 2.45) is 5.92 Å². The Morgan fingerprint density at radius 3 is 2.51 bits per heavy atom. The summed E-state index contributed by atoms with van der Waals surface area (Å²) in [6.07, 6.45) is 4.59. The fourth-order valence-electron chi connectivity index (χ4n) is 4.20. The van der Waals surface area contributed by atoms with Crippen LogP contribution in [-0.2, 0) is 19.4 Å². The molecule has 0 saturated carbocycles. The van der Waals surface area contributed by atoms with Crippen LogP contribution in [0.1, 0.15) is 48.9 Å². The number of ether oxygens (including phenoxy) is 1. The number of amides is 2. The molecule has 35 heavy (non-hydrogen) atoms. The molecule has 7 nitrogen and oxygen atoms in total. The molecule has 1 heterocycles. The molecule has 1 fully saturated rings. The molecule has 0 bridgehead atoms. The molecule has 2 aromatic carbocycles. The van der Waals surface area contributed by atoms with Gasteiger partial charge in [0.25, 0.3) is 0 Å². The largest absolute Gasteiger partial charge is 0.465 e. The van der Waals surface area contributed by atoms with E-state index in [4.69, 9.17) is 4.74 Å². The SMILES string of the molecule is CCCCCOC(=O)C1C(CS(=O)(=O)c2ccc(C)c(C)c2)NC(=O)NC1c1cccc(SC)c1. The fourth-order valence-corrected chi connectivity index (χ4v) is 6.25. The van der Waals surface area contributed by atoms with Gasteiger partial charge in [-0.2, -0.15) is 0 Å². The molecule has 2 aromatic rings. The summed E-state index contributed by atoms with van der Waals surface area (Å²) in [5.41, 5.74) is 2.58. The summed E-state index contributed by atoms with van der Waals surface area (Å²) in [6, 6.07) is 10.3. The quantitative estimate of drug-likeness (QED) is 0.271. The third-order valence-corrected chi connectivity index (χ3v) is 8.84. The number of carbonyl (C=O) groups excluding carboxylic acids is 2. The van der Waals surface area contributed by atoms with Gasteiger partial charge in [-0.25, -0.2) is 13.2 Å². The molecule has 3 unspecified atom stereocenters. The molecular weight excluding hydrogens is 484 g/mol. The number of unbranched alkanes of at least 4 members (excludes halogenated alkanes) is 2. The number of esters is 1. The second-order valence-electron chi connectivity index (χ2n) is 8.91. The Hall–Kier alpha value is -2.52. The summed E-state index contributed by atoms with van der Waals surface area (Å²) in [7, 11) is -3.79. The molecule has 1 aliphatic heterocycles. The average Bonchev–Trinajstić information content (AvgIpc) is 2.82. The van der Waals surface area contributed by atoms with E-state index in [1.807, 2.05) is 44.4 Å². The van der Waals surface area contributed by atoms with Crippen LogP contribution in [0.3, 0.4) is 0 Å². The van der Waals surface area contributed by atoms with E-state index in [0.29, 0.717) is 0 Å². The summed E-state index contributed by atoms with van der Waals surface area (Å²) in [4.78, 5) is 27.1. The smallest absolute Gasteiger partial charge is 0.315 e. The zero-order chi connectivity index (χ0) is 25.6. The number of hydrogen-bond acceptors (Lipinski definition) is 6. The van der Waals surface area contributed by atoms with Gasteiger partial charge in [0.15, 0.2) is 9.84 Å². The van der Waals surface area contributed by atoms with Crippen LogP contribution >= 0.6 is 11.8 Å². The zero-order valence-corrected chi connectivity index (χ0v) is 22.3. The highest BCUT2D eigenvalue weighted by molar-refractivity contribution is 7.98. The molecule has 1 aliphatic rings. The van der Waals surface area contributed by atoms with Crippen LogP contribution in [0.25, 0.3) is 0 Å². The molecule has 0 aliphatic carbocycles. The number of thioether (sulfide) groups is 1. The van der Waals surface area contributed by atoms with E-state index in [1.165, 1.54) is 0 Å². The standard InChI is InChI=1S/C26H34N2O5S2/c1-5-6-7-13-33-25(29)23-22(16-35(31,32)21-12-11-17(2)18(3)14-21)27-26(30)28-24(23)19-9-8-10-20(15-19)34-4/h8-12,14-15,22-24H,5-7,13,16H2,1-4H3,(H2,27,28,30). The highest BCUT2D eigenvalue weighted by Crippen LogP contribution is 2.32. The van der Waals surface area contributed by atoms with Gasteiger partial charge < -0.3 is 15.4 Å². The first-order valence-corrected chi connectivity index (χ1v) is 14.7. The van der Waals surface area contributed by atoms with E-state index in [0.717, 1.165) is 40.8 Å². The first kappa shape index (κ1) is 27.1. The number of rotatable bonds is 10. The Bertz CT molecular complexity index is 1170. The van der Waals surface area contributed by atoms with Crippen LogP contribution < -0.4 is 10.6 Å². The van der Waals surface area contributed by atoms with Crippen LogP contribution in [0.15, 0.2) is 52.3 Å². The molecule has 9 heteroatoms. The molecule has 0 aromatic heterocycles. The molecule has 0 spiro atoms. The van der Waals surface area contributed by atoms with Crippen molar-refractivity contribution in [2.75, 3.05) is 18.6 Å². The van der Waals surface area contributed by atoms with Crippen LogP contribution in [-0.4, -0.2) is 45.1 Å².